The van der Waals surface area contributed by atoms with Gasteiger partial charge in [0.15, 0.2) is 0 Å². The topological polar surface area (TPSA) is 86.4 Å². The first-order valence-corrected chi connectivity index (χ1v) is 11.6. The number of aromatic amines is 1. The summed E-state index contributed by atoms with van der Waals surface area (Å²) < 4.78 is 28.2. The third kappa shape index (κ3) is 3.98. The smallest absolute Gasteiger partial charge is 0.264 e. The van der Waals surface area contributed by atoms with Crippen LogP contribution in [0.15, 0.2) is 57.5 Å². The zero-order chi connectivity index (χ0) is 20.6. The average molecular weight is 431 g/mol. The molecule has 1 atom stereocenters. The van der Waals surface area contributed by atoms with Gasteiger partial charge in [0.2, 0.25) is 0 Å². The zero-order valence-electron chi connectivity index (χ0n) is 16.2. The van der Waals surface area contributed by atoms with Crippen LogP contribution in [0.3, 0.4) is 0 Å². The van der Waals surface area contributed by atoms with Gasteiger partial charge in [0, 0.05) is 37.4 Å². The molecule has 152 valence electrons. The number of benzene rings is 1. The fourth-order valence-corrected chi connectivity index (χ4v) is 6.48. The van der Waals surface area contributed by atoms with Crippen LogP contribution in [0.2, 0.25) is 0 Å². The van der Waals surface area contributed by atoms with Crippen LogP contribution in [0.5, 0.6) is 0 Å². The molecule has 1 saturated heterocycles. The van der Waals surface area contributed by atoms with Crippen molar-refractivity contribution in [2.75, 3.05) is 24.5 Å². The van der Waals surface area contributed by atoms with E-state index in [0.29, 0.717) is 30.2 Å². The second-order valence-corrected chi connectivity index (χ2v) is 10.4. The van der Waals surface area contributed by atoms with Crippen molar-refractivity contribution < 1.29 is 8.42 Å². The Morgan fingerprint density at radius 1 is 1.14 bits per heavy atom. The molecule has 0 radical (unpaired) electrons. The fraction of sp³-hybridized carbons (Fsp3) is 0.300. The van der Waals surface area contributed by atoms with Gasteiger partial charge in [0.1, 0.15) is 9.90 Å². The van der Waals surface area contributed by atoms with Crippen LogP contribution in [-0.4, -0.2) is 48.6 Å². The molecule has 1 N–H and O–H groups in total. The average Bonchev–Trinajstić information content (AvgIpc) is 3.19. The van der Waals surface area contributed by atoms with Crippen LogP contribution in [-0.2, 0) is 10.0 Å². The van der Waals surface area contributed by atoms with Crippen LogP contribution >= 0.6 is 11.3 Å². The molecule has 0 saturated carbocycles. The number of sulfonamides is 1. The lowest BCUT2D eigenvalue weighted by molar-refractivity contribution is 0.343. The van der Waals surface area contributed by atoms with Gasteiger partial charge in [-0.05, 0) is 49.7 Å². The van der Waals surface area contributed by atoms with Crippen molar-refractivity contribution in [2.24, 2.45) is 0 Å². The molecule has 3 aromatic rings. The van der Waals surface area contributed by atoms with Crippen LogP contribution in [0.25, 0.3) is 10.6 Å². The van der Waals surface area contributed by atoms with Gasteiger partial charge in [-0.2, -0.15) is 9.40 Å². The Bertz CT molecular complexity index is 1170. The van der Waals surface area contributed by atoms with E-state index in [2.05, 4.69) is 40.2 Å². The molecule has 1 aliphatic rings. The number of thiophene rings is 1. The lowest BCUT2D eigenvalue weighted by atomic mass is 10.1. The minimum Gasteiger partial charge on any atom is -0.366 e. The van der Waals surface area contributed by atoms with Gasteiger partial charge in [-0.25, -0.2) is 13.5 Å². The minimum atomic E-state index is -3.58. The quantitative estimate of drug-likeness (QED) is 0.688. The van der Waals surface area contributed by atoms with Crippen molar-refractivity contribution in [1.82, 2.24) is 14.5 Å². The highest BCUT2D eigenvalue weighted by Gasteiger charge is 2.33. The third-order valence-corrected chi connectivity index (χ3v) is 8.47. The highest BCUT2D eigenvalue weighted by molar-refractivity contribution is 7.91. The second-order valence-electron chi connectivity index (χ2n) is 7.17. The molecule has 3 heterocycles. The predicted molar refractivity (Wildman–Crippen MR) is 115 cm³/mol. The number of aryl methyl sites for hydroxylation is 1. The maximum atomic E-state index is 13.2. The molecule has 0 aliphatic carbocycles. The highest BCUT2D eigenvalue weighted by atomic mass is 32.2. The summed E-state index contributed by atoms with van der Waals surface area (Å²) in [6.45, 7) is 5.61. The maximum absolute atomic E-state index is 13.2. The number of nitrogens with zero attached hydrogens (tertiary/aromatic N) is 3. The van der Waals surface area contributed by atoms with Crippen molar-refractivity contribution >= 4 is 27.0 Å². The van der Waals surface area contributed by atoms with E-state index < -0.39 is 10.0 Å². The van der Waals surface area contributed by atoms with Gasteiger partial charge >= 0.3 is 0 Å². The van der Waals surface area contributed by atoms with E-state index in [1.807, 2.05) is 13.0 Å². The molecule has 0 unspecified atom stereocenters. The summed E-state index contributed by atoms with van der Waals surface area (Å²) >= 11 is 1.17. The van der Waals surface area contributed by atoms with E-state index in [-0.39, 0.29) is 15.8 Å². The number of aromatic nitrogens is 2. The fourth-order valence-electron chi connectivity index (χ4n) is 3.54. The first kappa shape index (κ1) is 19.8. The first-order chi connectivity index (χ1) is 13.8. The molecule has 9 heteroatoms. The number of piperazine rings is 1. The molecule has 0 amide bonds. The van der Waals surface area contributed by atoms with Crippen LogP contribution in [0.4, 0.5) is 5.69 Å². The molecule has 7 nitrogen and oxygen atoms in total. The predicted octanol–water partition coefficient (Wildman–Crippen LogP) is 2.71. The normalized spacial score (nSPS) is 18.1. The van der Waals surface area contributed by atoms with Crippen molar-refractivity contribution in [1.29, 1.82) is 0 Å². The molecular formula is C20H22N4O3S2. The Hall–Kier alpha value is -2.49. The number of hydrogen-bond acceptors (Lipinski definition) is 6. The summed E-state index contributed by atoms with van der Waals surface area (Å²) in [4.78, 5) is 14.1. The van der Waals surface area contributed by atoms with E-state index in [1.54, 1.807) is 22.5 Å². The van der Waals surface area contributed by atoms with Gasteiger partial charge in [0.25, 0.3) is 15.6 Å². The summed E-state index contributed by atoms with van der Waals surface area (Å²) in [6, 6.07) is 14.6. The number of rotatable bonds is 4. The third-order valence-electron chi connectivity index (χ3n) is 5.03. The molecule has 1 aromatic carbocycles. The molecule has 1 aliphatic heterocycles. The summed E-state index contributed by atoms with van der Waals surface area (Å²) in [5, 5.41) is 6.35. The van der Waals surface area contributed by atoms with Crippen molar-refractivity contribution in [3.05, 3.63) is 64.4 Å². The summed E-state index contributed by atoms with van der Waals surface area (Å²) in [5.74, 6) is 0. The number of anilines is 1. The lowest BCUT2D eigenvalue weighted by Crippen LogP contribution is -2.53. The van der Waals surface area contributed by atoms with Crippen LogP contribution in [0.1, 0.15) is 12.5 Å². The number of hydrogen-bond donors (Lipinski definition) is 1. The summed E-state index contributed by atoms with van der Waals surface area (Å²) in [5.41, 5.74) is 2.57. The van der Waals surface area contributed by atoms with E-state index in [9.17, 15) is 13.2 Å². The largest absolute Gasteiger partial charge is 0.366 e. The minimum absolute atomic E-state index is 0.0700. The molecular weight excluding hydrogens is 408 g/mol. The molecule has 0 bridgehead atoms. The Morgan fingerprint density at radius 3 is 2.66 bits per heavy atom. The number of H-pyrrole nitrogens is 1. The van der Waals surface area contributed by atoms with Gasteiger partial charge in [0.05, 0.1) is 4.88 Å². The van der Waals surface area contributed by atoms with Crippen LogP contribution < -0.4 is 10.5 Å². The van der Waals surface area contributed by atoms with Crippen molar-refractivity contribution in [3.63, 3.8) is 0 Å². The number of nitrogens with one attached hydrogen (secondary N) is 1. The Morgan fingerprint density at radius 2 is 1.97 bits per heavy atom. The Labute approximate surface area is 173 Å². The standard InChI is InChI=1S/C20H22N4O3S2/c1-14-4-3-5-16(12-14)24-11-10-23(13-15(24)2)29(26,27)20-9-7-18(28-20)17-6-8-19(25)22-21-17/h3-9,12,15H,10-11,13H2,1-2H3,(H,22,25)/t15-/m0/s1. The highest BCUT2D eigenvalue weighted by Crippen LogP contribution is 2.32. The van der Waals surface area contributed by atoms with E-state index in [1.165, 1.54) is 23.0 Å². The monoisotopic (exact) mass is 430 g/mol. The van der Waals surface area contributed by atoms with Gasteiger partial charge in [-0.3, -0.25) is 4.79 Å². The SMILES string of the molecule is Cc1cccc(N2CCN(S(=O)(=O)c3ccc(-c4ccc(=O)[nH]n4)s3)C[C@@H]2C)c1. The van der Waals surface area contributed by atoms with Crippen LogP contribution in [0, 0.1) is 6.92 Å². The van der Waals surface area contributed by atoms with Gasteiger partial charge in [-0.15, -0.1) is 11.3 Å². The first-order valence-electron chi connectivity index (χ1n) is 9.34. The van der Waals surface area contributed by atoms with Gasteiger partial charge in [-0.1, -0.05) is 12.1 Å². The van der Waals surface area contributed by atoms with E-state index >= 15 is 0 Å². The molecule has 29 heavy (non-hydrogen) atoms. The summed E-state index contributed by atoms with van der Waals surface area (Å²) in [7, 11) is -3.58. The molecule has 4 rings (SSSR count). The maximum Gasteiger partial charge on any atom is 0.264 e. The van der Waals surface area contributed by atoms with Gasteiger partial charge < -0.3 is 4.90 Å². The molecule has 1 fully saturated rings. The summed E-state index contributed by atoms with van der Waals surface area (Å²) in [6.07, 6.45) is 0. The van der Waals surface area contributed by atoms with E-state index in [4.69, 9.17) is 0 Å². The zero-order valence-corrected chi connectivity index (χ0v) is 17.8. The van der Waals surface area contributed by atoms with E-state index in [0.717, 1.165) is 5.69 Å². The lowest BCUT2D eigenvalue weighted by Gasteiger charge is -2.40. The van der Waals surface area contributed by atoms with Crippen molar-refractivity contribution in [3.8, 4) is 10.6 Å². The molecule has 0 spiro atoms. The Balaban J connectivity index is 1.53. The second kappa shape index (κ2) is 7.74. The van der Waals surface area contributed by atoms with Crippen molar-refractivity contribution in [2.45, 2.75) is 24.1 Å². The Kier molecular flexibility index (Phi) is 5.28. The molecule has 2 aromatic heterocycles.